The number of carbonyl (C=O) groups is 1. The van der Waals surface area contributed by atoms with Crippen molar-refractivity contribution in [1.29, 1.82) is 5.26 Å². The molecule has 1 aliphatic heterocycles. The molecule has 0 bridgehead atoms. The van der Waals surface area contributed by atoms with E-state index in [0.29, 0.717) is 24.4 Å². The fourth-order valence-corrected chi connectivity index (χ4v) is 7.41. The molecular formula is C22H33NO3. The molecule has 4 fully saturated rings. The third-order valence-electron chi connectivity index (χ3n) is 9.41. The van der Waals surface area contributed by atoms with Crippen LogP contribution in [0.25, 0.3) is 0 Å². The third kappa shape index (κ3) is 2.11. The first-order chi connectivity index (χ1) is 12.2. The fraction of sp³-hybridized carbons (Fsp3) is 0.909. The first kappa shape index (κ1) is 18.4. The second-order valence-corrected chi connectivity index (χ2v) is 10.4. The predicted octanol–water partition coefficient (Wildman–Crippen LogP) is 3.72. The molecule has 1 saturated heterocycles. The Morgan fingerprint density at radius 2 is 1.88 bits per heavy atom. The van der Waals surface area contributed by atoms with Crippen LogP contribution in [-0.2, 0) is 9.53 Å². The van der Waals surface area contributed by atoms with Gasteiger partial charge in [-0.2, -0.15) is 5.26 Å². The normalized spacial score (nSPS) is 50.2. The second-order valence-electron chi connectivity index (χ2n) is 10.4. The van der Waals surface area contributed by atoms with E-state index in [1.807, 2.05) is 0 Å². The molecule has 0 radical (unpaired) electrons. The van der Waals surface area contributed by atoms with E-state index in [1.165, 1.54) is 0 Å². The second kappa shape index (κ2) is 5.79. The number of rotatable bonds is 2. The average molecular weight is 360 g/mol. The van der Waals surface area contributed by atoms with Gasteiger partial charge in [0.2, 0.25) is 0 Å². The Balaban J connectivity index is 1.63. The van der Waals surface area contributed by atoms with Crippen LogP contribution in [0.5, 0.6) is 0 Å². The molecular weight excluding hydrogens is 326 g/mol. The lowest BCUT2D eigenvalue weighted by atomic mass is 9.41. The molecule has 8 atom stereocenters. The van der Waals surface area contributed by atoms with Crippen LogP contribution in [0, 0.1) is 51.2 Å². The molecule has 144 valence electrons. The summed E-state index contributed by atoms with van der Waals surface area (Å²) in [4.78, 5) is 12.8. The van der Waals surface area contributed by atoms with Crippen molar-refractivity contribution in [2.24, 2.45) is 39.9 Å². The Morgan fingerprint density at radius 1 is 1.15 bits per heavy atom. The number of hydrogen-bond acceptors (Lipinski definition) is 4. The summed E-state index contributed by atoms with van der Waals surface area (Å²) in [5.41, 5.74) is 0.00225. The summed E-state index contributed by atoms with van der Waals surface area (Å²) in [6.07, 6.45) is 5.91. The molecule has 1 heterocycles. The van der Waals surface area contributed by atoms with Gasteiger partial charge in [-0.25, -0.2) is 0 Å². The highest BCUT2D eigenvalue weighted by Crippen LogP contribution is 2.69. The summed E-state index contributed by atoms with van der Waals surface area (Å²) >= 11 is 0. The zero-order valence-corrected chi connectivity index (χ0v) is 16.6. The molecule has 5 unspecified atom stereocenters. The van der Waals surface area contributed by atoms with E-state index < -0.39 is 12.0 Å². The maximum atomic E-state index is 12.8. The molecule has 0 amide bonds. The number of fused-ring (bicyclic) bond motifs is 3. The topological polar surface area (TPSA) is 70.3 Å². The van der Waals surface area contributed by atoms with Gasteiger partial charge in [0.05, 0.1) is 18.8 Å². The number of aliphatic hydroxyl groups excluding tert-OH is 1. The number of nitriles is 1. The number of aliphatic hydroxyl groups is 1. The zero-order chi connectivity index (χ0) is 18.9. The van der Waals surface area contributed by atoms with Crippen molar-refractivity contribution in [2.75, 3.05) is 6.61 Å². The maximum absolute atomic E-state index is 12.8. The quantitative estimate of drug-likeness (QED) is 0.816. The molecule has 1 spiro atoms. The molecule has 3 aliphatic carbocycles. The standard InChI is InChI=1S/C22H33NO3/c1-13(11-23)18(25)19-22(12-26-19)10-7-14-15(20(22,2)3)8-9-21(4)16(14)5-6-17(21)24/h13-17,19,24H,5-10,12H2,1-4H3/t13-,14?,15?,16?,17?,19+,21?,22+/m0/s1. The minimum Gasteiger partial charge on any atom is -0.393 e. The van der Waals surface area contributed by atoms with E-state index >= 15 is 0 Å². The highest BCUT2D eigenvalue weighted by molar-refractivity contribution is 5.88. The van der Waals surface area contributed by atoms with Gasteiger partial charge in [0, 0.05) is 5.41 Å². The Hall–Kier alpha value is -0.920. The maximum Gasteiger partial charge on any atom is 0.179 e. The van der Waals surface area contributed by atoms with Crippen molar-refractivity contribution in [1.82, 2.24) is 0 Å². The lowest BCUT2D eigenvalue weighted by Gasteiger charge is -2.67. The minimum absolute atomic E-state index is 0.0257. The van der Waals surface area contributed by atoms with Crippen LogP contribution in [0.4, 0.5) is 0 Å². The number of ether oxygens (including phenoxy) is 1. The van der Waals surface area contributed by atoms with Crippen LogP contribution in [-0.4, -0.2) is 29.7 Å². The highest BCUT2D eigenvalue weighted by atomic mass is 16.5. The Kier molecular flexibility index (Phi) is 4.11. The fourth-order valence-electron chi connectivity index (χ4n) is 7.41. The number of hydrogen-bond donors (Lipinski definition) is 1. The van der Waals surface area contributed by atoms with Crippen molar-refractivity contribution in [3.63, 3.8) is 0 Å². The van der Waals surface area contributed by atoms with Crippen LogP contribution in [0.2, 0.25) is 0 Å². The molecule has 0 aromatic carbocycles. The zero-order valence-electron chi connectivity index (χ0n) is 16.6. The monoisotopic (exact) mass is 359 g/mol. The molecule has 4 heteroatoms. The molecule has 4 rings (SSSR count). The van der Waals surface area contributed by atoms with Crippen molar-refractivity contribution in [2.45, 2.75) is 78.4 Å². The van der Waals surface area contributed by atoms with E-state index in [9.17, 15) is 15.2 Å². The van der Waals surface area contributed by atoms with E-state index in [0.717, 1.165) is 38.5 Å². The summed E-state index contributed by atoms with van der Waals surface area (Å²) in [7, 11) is 0. The summed E-state index contributed by atoms with van der Waals surface area (Å²) < 4.78 is 5.81. The smallest absolute Gasteiger partial charge is 0.179 e. The summed E-state index contributed by atoms with van der Waals surface area (Å²) in [6.45, 7) is 9.34. The van der Waals surface area contributed by atoms with E-state index in [4.69, 9.17) is 4.74 Å². The Labute approximate surface area is 157 Å². The highest BCUT2D eigenvalue weighted by Gasteiger charge is 2.68. The molecule has 1 N–H and O–H groups in total. The third-order valence-corrected chi connectivity index (χ3v) is 9.41. The number of carbonyl (C=O) groups excluding carboxylic acids is 1. The van der Waals surface area contributed by atoms with E-state index in [-0.39, 0.29) is 28.1 Å². The van der Waals surface area contributed by atoms with Crippen molar-refractivity contribution in [3.8, 4) is 6.07 Å². The first-order valence-corrected chi connectivity index (χ1v) is 10.4. The van der Waals surface area contributed by atoms with Crippen LogP contribution in [0.15, 0.2) is 0 Å². The van der Waals surface area contributed by atoms with Gasteiger partial charge in [0.25, 0.3) is 0 Å². The molecule has 0 aromatic heterocycles. The van der Waals surface area contributed by atoms with Gasteiger partial charge in [-0.1, -0.05) is 20.8 Å². The Bertz CT molecular complexity index is 652. The minimum atomic E-state index is -0.592. The van der Waals surface area contributed by atoms with Crippen LogP contribution >= 0.6 is 0 Å². The number of ketones is 1. The van der Waals surface area contributed by atoms with Crippen molar-refractivity contribution >= 4 is 5.78 Å². The van der Waals surface area contributed by atoms with Crippen LogP contribution in [0.1, 0.15) is 66.2 Å². The van der Waals surface area contributed by atoms with Crippen molar-refractivity contribution in [3.05, 3.63) is 0 Å². The van der Waals surface area contributed by atoms with Gasteiger partial charge < -0.3 is 9.84 Å². The lowest BCUT2D eigenvalue weighted by molar-refractivity contribution is -0.275. The number of nitrogens with zero attached hydrogens (tertiary/aromatic N) is 1. The molecule has 4 aliphatic rings. The van der Waals surface area contributed by atoms with E-state index in [1.54, 1.807) is 6.92 Å². The SMILES string of the molecule is C[C@@H](C#N)C(=O)[C@H]1OC[C@]12CCC1C3CCC(O)C3(C)CCC1C2(C)C. The summed E-state index contributed by atoms with van der Waals surface area (Å²) in [5.74, 6) is 1.22. The Morgan fingerprint density at radius 3 is 2.50 bits per heavy atom. The number of Topliss-reactive ketones (excluding diaryl/α,β-unsaturated/α-hetero) is 1. The molecule has 3 saturated carbocycles. The summed E-state index contributed by atoms with van der Waals surface area (Å²) in [5, 5.41) is 19.8. The van der Waals surface area contributed by atoms with Crippen LogP contribution in [0.3, 0.4) is 0 Å². The van der Waals surface area contributed by atoms with Crippen molar-refractivity contribution < 1.29 is 14.6 Å². The first-order valence-electron chi connectivity index (χ1n) is 10.4. The summed E-state index contributed by atoms with van der Waals surface area (Å²) in [6, 6.07) is 2.10. The largest absolute Gasteiger partial charge is 0.393 e. The van der Waals surface area contributed by atoms with Gasteiger partial charge in [0.1, 0.15) is 12.0 Å². The van der Waals surface area contributed by atoms with Gasteiger partial charge in [0.15, 0.2) is 5.78 Å². The van der Waals surface area contributed by atoms with E-state index in [2.05, 4.69) is 26.8 Å². The van der Waals surface area contributed by atoms with Crippen LogP contribution < -0.4 is 0 Å². The predicted molar refractivity (Wildman–Crippen MR) is 98.0 cm³/mol. The van der Waals surface area contributed by atoms with Gasteiger partial charge in [-0.3, -0.25) is 4.79 Å². The lowest BCUT2D eigenvalue weighted by Crippen LogP contribution is -2.69. The van der Waals surface area contributed by atoms with Gasteiger partial charge >= 0.3 is 0 Å². The molecule has 4 nitrogen and oxygen atoms in total. The average Bonchev–Trinajstić information content (AvgIpc) is 2.88. The molecule has 26 heavy (non-hydrogen) atoms. The molecule has 0 aromatic rings. The van der Waals surface area contributed by atoms with Gasteiger partial charge in [-0.05, 0) is 74.0 Å². The van der Waals surface area contributed by atoms with Gasteiger partial charge in [-0.15, -0.1) is 0 Å².